The third kappa shape index (κ3) is 3.58. The van der Waals surface area contributed by atoms with Crippen LogP contribution in [0.5, 0.6) is 0 Å². The molecule has 2 aliphatic rings. The number of hydrogen-bond acceptors (Lipinski definition) is 1. The molecule has 2 aliphatic heterocycles. The molecule has 0 saturated carbocycles. The average molecular weight is 340 g/mol. The van der Waals surface area contributed by atoms with Crippen molar-refractivity contribution in [2.24, 2.45) is 0 Å². The zero-order valence-corrected chi connectivity index (χ0v) is 17.4. The summed E-state index contributed by atoms with van der Waals surface area (Å²) >= 11 is 0. The quantitative estimate of drug-likeness (QED) is 0.590. The van der Waals surface area contributed by atoms with Crippen LogP contribution in [0.2, 0.25) is 0 Å². The molecule has 2 unspecified atom stereocenters. The van der Waals surface area contributed by atoms with Gasteiger partial charge < -0.3 is 0 Å². The third-order valence-electron chi connectivity index (χ3n) is 6.44. The van der Waals surface area contributed by atoms with E-state index in [-0.39, 0.29) is 0 Å². The smallest absolute Gasteiger partial charge is 0.0284 e. The van der Waals surface area contributed by atoms with Crippen LogP contribution < -0.4 is 0 Å². The zero-order chi connectivity index (χ0) is 18.3. The molecule has 1 saturated heterocycles. The predicted octanol–water partition coefficient (Wildman–Crippen LogP) is 6.70. The van der Waals surface area contributed by atoms with Gasteiger partial charge in [0.25, 0.3) is 0 Å². The number of nitrogens with zero attached hydrogens (tertiary/aromatic N) is 1. The Kier molecular flexibility index (Phi) is 5.44. The minimum Gasteiger partial charge on any atom is -0.297 e. The first-order valence-corrected chi connectivity index (χ1v) is 10.4. The second kappa shape index (κ2) is 7.27. The maximum atomic E-state index is 2.62. The highest BCUT2D eigenvalue weighted by Crippen LogP contribution is 2.42. The van der Waals surface area contributed by atoms with Crippen LogP contribution in [0.1, 0.15) is 107 Å². The Bertz CT molecular complexity index is 621. The van der Waals surface area contributed by atoms with Gasteiger partial charge in [-0.3, -0.25) is 4.90 Å². The summed E-state index contributed by atoms with van der Waals surface area (Å²) in [5.74, 6) is 1.74. The van der Waals surface area contributed by atoms with E-state index in [0.29, 0.717) is 23.8 Å². The monoisotopic (exact) mass is 339 g/mol. The van der Waals surface area contributed by atoms with E-state index < -0.39 is 0 Å². The fourth-order valence-corrected chi connectivity index (χ4v) is 4.75. The van der Waals surface area contributed by atoms with Gasteiger partial charge in [0, 0.05) is 12.1 Å². The van der Waals surface area contributed by atoms with Crippen LogP contribution in [0.4, 0.5) is 0 Å². The van der Waals surface area contributed by atoms with E-state index in [1.807, 2.05) is 0 Å². The topological polar surface area (TPSA) is 3.24 Å². The number of benzene rings is 1. The molecule has 0 amide bonds. The molecule has 2 bridgehead atoms. The van der Waals surface area contributed by atoms with Gasteiger partial charge in [0.2, 0.25) is 0 Å². The van der Waals surface area contributed by atoms with E-state index in [0.717, 1.165) is 6.04 Å². The lowest BCUT2D eigenvalue weighted by molar-refractivity contribution is 0.137. The Balaban J connectivity index is 2.17. The highest BCUT2D eigenvalue weighted by molar-refractivity contribution is 5.74. The summed E-state index contributed by atoms with van der Waals surface area (Å²) in [5, 5.41) is 0. The van der Waals surface area contributed by atoms with Crippen LogP contribution in [0, 0.1) is 0 Å². The lowest BCUT2D eigenvalue weighted by Crippen LogP contribution is -2.45. The SMILES string of the molecule is CC(C)c1cc(C(C)C)c(C2=CC3CCCC(C2)N3C)c(C(C)C)c1. The van der Waals surface area contributed by atoms with Gasteiger partial charge in [0.05, 0.1) is 0 Å². The lowest BCUT2D eigenvalue weighted by Gasteiger charge is -2.43. The third-order valence-corrected chi connectivity index (χ3v) is 6.44. The maximum absolute atomic E-state index is 2.62. The molecule has 1 fully saturated rings. The van der Waals surface area contributed by atoms with Crippen molar-refractivity contribution in [3.05, 3.63) is 40.5 Å². The van der Waals surface area contributed by atoms with Crippen LogP contribution in [0.3, 0.4) is 0 Å². The largest absolute Gasteiger partial charge is 0.297 e. The van der Waals surface area contributed by atoms with Crippen molar-refractivity contribution in [1.82, 2.24) is 4.90 Å². The molecule has 3 rings (SSSR count). The zero-order valence-electron chi connectivity index (χ0n) is 17.4. The summed E-state index contributed by atoms with van der Waals surface area (Å²) in [6.45, 7) is 14.1. The van der Waals surface area contributed by atoms with Crippen molar-refractivity contribution in [3.8, 4) is 0 Å². The highest BCUT2D eigenvalue weighted by Gasteiger charge is 2.33. The van der Waals surface area contributed by atoms with Crippen LogP contribution >= 0.6 is 0 Å². The Morgan fingerprint density at radius 3 is 1.96 bits per heavy atom. The number of likely N-dealkylation sites (N-methyl/N-ethyl adjacent to an activating group) is 1. The summed E-state index contributed by atoms with van der Waals surface area (Å²) in [6.07, 6.45) is 7.92. The predicted molar refractivity (Wildman–Crippen MR) is 110 cm³/mol. The van der Waals surface area contributed by atoms with Gasteiger partial charge in [-0.15, -0.1) is 0 Å². The van der Waals surface area contributed by atoms with Gasteiger partial charge in [-0.25, -0.2) is 0 Å². The molecular weight excluding hydrogens is 302 g/mol. The molecule has 1 heteroatoms. The fraction of sp³-hybridized carbons (Fsp3) is 0.667. The summed E-state index contributed by atoms with van der Waals surface area (Å²) in [7, 11) is 2.33. The van der Waals surface area contributed by atoms with Gasteiger partial charge in [-0.1, -0.05) is 66.2 Å². The van der Waals surface area contributed by atoms with E-state index in [4.69, 9.17) is 0 Å². The Hall–Kier alpha value is -1.08. The molecule has 0 radical (unpaired) electrons. The Morgan fingerprint density at radius 1 is 0.880 bits per heavy atom. The molecule has 0 spiro atoms. The van der Waals surface area contributed by atoms with Gasteiger partial charge in [-0.2, -0.15) is 0 Å². The van der Waals surface area contributed by atoms with E-state index in [9.17, 15) is 0 Å². The van der Waals surface area contributed by atoms with Crippen molar-refractivity contribution in [2.45, 2.75) is 97.1 Å². The van der Waals surface area contributed by atoms with Crippen molar-refractivity contribution in [3.63, 3.8) is 0 Å². The normalized spacial score (nSPS) is 24.3. The molecule has 25 heavy (non-hydrogen) atoms. The first-order chi connectivity index (χ1) is 11.8. The molecule has 2 atom stereocenters. The van der Waals surface area contributed by atoms with Gasteiger partial charge in [-0.05, 0) is 71.9 Å². The highest BCUT2D eigenvalue weighted by atomic mass is 15.2. The number of piperidine rings is 1. The van der Waals surface area contributed by atoms with E-state index in [2.05, 4.69) is 71.7 Å². The van der Waals surface area contributed by atoms with Crippen molar-refractivity contribution in [2.75, 3.05) is 7.05 Å². The molecular formula is C24H37N. The number of rotatable bonds is 4. The molecule has 138 valence electrons. The van der Waals surface area contributed by atoms with E-state index >= 15 is 0 Å². The summed E-state index contributed by atoms with van der Waals surface area (Å²) < 4.78 is 0. The molecule has 1 nitrogen and oxygen atoms in total. The second-order valence-electron chi connectivity index (χ2n) is 9.25. The summed E-state index contributed by atoms with van der Waals surface area (Å²) in [6, 6.07) is 6.40. The molecule has 0 aromatic heterocycles. The van der Waals surface area contributed by atoms with Crippen LogP contribution in [-0.2, 0) is 0 Å². The van der Waals surface area contributed by atoms with Gasteiger partial charge >= 0.3 is 0 Å². The van der Waals surface area contributed by atoms with Crippen molar-refractivity contribution < 1.29 is 0 Å². The van der Waals surface area contributed by atoms with Gasteiger partial charge in [0.1, 0.15) is 0 Å². The molecule has 2 heterocycles. The minimum absolute atomic E-state index is 0.576. The summed E-state index contributed by atoms with van der Waals surface area (Å²) in [5.41, 5.74) is 7.88. The molecule has 1 aromatic rings. The van der Waals surface area contributed by atoms with Gasteiger partial charge in [0.15, 0.2) is 0 Å². The van der Waals surface area contributed by atoms with Crippen LogP contribution in [-0.4, -0.2) is 24.0 Å². The first kappa shape index (κ1) is 18.7. The molecule has 0 N–H and O–H groups in total. The molecule has 1 aromatic carbocycles. The maximum Gasteiger partial charge on any atom is 0.0284 e. The number of hydrogen-bond donors (Lipinski definition) is 0. The second-order valence-corrected chi connectivity index (χ2v) is 9.25. The van der Waals surface area contributed by atoms with E-state index in [1.54, 1.807) is 22.3 Å². The average Bonchev–Trinajstić information content (AvgIpc) is 2.53. The van der Waals surface area contributed by atoms with E-state index in [1.165, 1.54) is 31.2 Å². The Morgan fingerprint density at radius 2 is 1.48 bits per heavy atom. The first-order valence-electron chi connectivity index (χ1n) is 10.4. The van der Waals surface area contributed by atoms with Crippen molar-refractivity contribution >= 4 is 5.57 Å². The lowest BCUT2D eigenvalue weighted by atomic mass is 9.76. The van der Waals surface area contributed by atoms with Crippen LogP contribution in [0.15, 0.2) is 18.2 Å². The fourth-order valence-electron chi connectivity index (χ4n) is 4.75. The molecule has 0 aliphatic carbocycles. The standard InChI is InChI=1S/C24H37N/c1-15(2)18-13-22(16(3)4)24(23(14-18)17(5)6)19-11-20-9-8-10-21(12-19)25(20)7/h11,13-17,20-21H,8-10,12H2,1-7H3. The van der Waals surface area contributed by atoms with Crippen LogP contribution in [0.25, 0.3) is 5.57 Å². The van der Waals surface area contributed by atoms with Crippen molar-refractivity contribution in [1.29, 1.82) is 0 Å². The number of fused-ring (bicyclic) bond motifs is 2. The minimum atomic E-state index is 0.576. The Labute approximate surface area is 155 Å². The summed E-state index contributed by atoms with van der Waals surface area (Å²) in [4.78, 5) is 2.62.